The number of aromatic nitrogens is 4. The molecule has 4 rings (SSSR count). The van der Waals surface area contributed by atoms with Crippen LogP contribution in [0.5, 0.6) is 0 Å². The van der Waals surface area contributed by atoms with E-state index in [1.54, 1.807) is 18.6 Å². The maximum absolute atomic E-state index is 5.63. The third-order valence-electron chi connectivity index (χ3n) is 4.84. The molecule has 0 bridgehead atoms. The first-order chi connectivity index (χ1) is 10.4. The summed E-state index contributed by atoms with van der Waals surface area (Å²) >= 11 is 0. The van der Waals surface area contributed by atoms with Crippen LogP contribution in [0.25, 0.3) is 0 Å². The predicted octanol–water partition coefficient (Wildman–Crippen LogP) is 1.62. The Kier molecular flexibility index (Phi) is 3.18. The molecular weight excluding hydrogens is 266 g/mol. The zero-order valence-electron chi connectivity index (χ0n) is 12.0. The quantitative estimate of drug-likeness (QED) is 0.923. The van der Waals surface area contributed by atoms with E-state index in [2.05, 4.69) is 25.4 Å². The van der Waals surface area contributed by atoms with Crippen molar-refractivity contribution in [2.75, 3.05) is 6.54 Å². The van der Waals surface area contributed by atoms with E-state index < -0.39 is 0 Å². The van der Waals surface area contributed by atoms with Gasteiger partial charge in [0.25, 0.3) is 0 Å². The lowest BCUT2D eigenvalue weighted by Crippen LogP contribution is -2.43. The molecule has 6 nitrogen and oxygen atoms in total. The Bertz CT molecular complexity index is 614. The molecule has 2 atom stereocenters. The summed E-state index contributed by atoms with van der Waals surface area (Å²) in [4.78, 5) is 13.0. The van der Waals surface area contributed by atoms with Gasteiger partial charge in [-0.15, -0.1) is 0 Å². The Morgan fingerprint density at radius 3 is 3.19 bits per heavy atom. The van der Waals surface area contributed by atoms with Gasteiger partial charge in [-0.25, -0.2) is 0 Å². The van der Waals surface area contributed by atoms with Crippen LogP contribution in [0.4, 0.5) is 0 Å². The lowest BCUT2D eigenvalue weighted by molar-refractivity contribution is 0.199. The monoisotopic (exact) mass is 285 g/mol. The minimum atomic E-state index is 0.0614. The zero-order chi connectivity index (χ0) is 14.1. The van der Waals surface area contributed by atoms with Gasteiger partial charge in [0.1, 0.15) is 0 Å². The van der Waals surface area contributed by atoms with Gasteiger partial charge in [-0.3, -0.25) is 9.97 Å². The van der Waals surface area contributed by atoms with Crippen LogP contribution in [0.1, 0.15) is 49.5 Å². The second kappa shape index (κ2) is 5.18. The number of rotatable bonds is 3. The van der Waals surface area contributed by atoms with Crippen LogP contribution in [0, 0.1) is 0 Å². The normalized spacial score (nSPS) is 28.5. The minimum Gasteiger partial charge on any atom is -0.339 e. The summed E-state index contributed by atoms with van der Waals surface area (Å²) in [6, 6.07) is 0.496. The minimum absolute atomic E-state index is 0.0614. The van der Waals surface area contributed by atoms with Gasteiger partial charge < -0.3 is 9.84 Å². The first-order valence-corrected chi connectivity index (χ1v) is 7.68. The van der Waals surface area contributed by atoms with E-state index in [1.165, 1.54) is 19.3 Å². The molecule has 0 unspecified atom stereocenters. The molecule has 3 heterocycles. The number of hydrogen-bond acceptors (Lipinski definition) is 6. The smallest absolute Gasteiger partial charge is 0.234 e. The number of fused-ring (bicyclic) bond motifs is 1. The van der Waals surface area contributed by atoms with Gasteiger partial charge >= 0.3 is 0 Å². The molecule has 0 radical (unpaired) electrons. The fraction of sp³-hybridized carbons (Fsp3) is 0.600. The molecule has 2 aromatic rings. The van der Waals surface area contributed by atoms with E-state index in [-0.39, 0.29) is 5.41 Å². The fourth-order valence-corrected chi connectivity index (χ4v) is 3.78. The zero-order valence-corrected chi connectivity index (χ0v) is 12.0. The van der Waals surface area contributed by atoms with E-state index >= 15 is 0 Å². The van der Waals surface area contributed by atoms with Crippen LogP contribution in [-0.4, -0.2) is 32.7 Å². The van der Waals surface area contributed by atoms with Gasteiger partial charge in [0, 0.05) is 24.6 Å². The highest BCUT2D eigenvalue weighted by molar-refractivity contribution is 5.17. The van der Waals surface area contributed by atoms with Gasteiger partial charge in [0.2, 0.25) is 5.89 Å². The molecule has 21 heavy (non-hydrogen) atoms. The molecule has 2 aromatic heterocycles. The molecule has 1 saturated heterocycles. The van der Waals surface area contributed by atoms with Gasteiger partial charge in [-0.05, 0) is 25.8 Å². The molecule has 1 N–H and O–H groups in total. The van der Waals surface area contributed by atoms with Crippen molar-refractivity contribution < 1.29 is 4.52 Å². The molecule has 0 amide bonds. The van der Waals surface area contributed by atoms with E-state index in [0.29, 0.717) is 18.3 Å². The lowest BCUT2D eigenvalue weighted by Gasteiger charge is -2.35. The Morgan fingerprint density at radius 2 is 2.29 bits per heavy atom. The summed E-state index contributed by atoms with van der Waals surface area (Å²) in [6.45, 7) is 1.05. The summed E-state index contributed by atoms with van der Waals surface area (Å²) in [5.41, 5.74) is 0.929. The molecule has 110 valence electrons. The fourth-order valence-electron chi connectivity index (χ4n) is 3.78. The maximum atomic E-state index is 5.63. The highest BCUT2D eigenvalue weighted by Gasteiger charge is 2.49. The molecule has 1 saturated carbocycles. The molecule has 1 aliphatic heterocycles. The predicted molar refractivity (Wildman–Crippen MR) is 75.7 cm³/mol. The Balaban J connectivity index is 1.59. The largest absolute Gasteiger partial charge is 0.339 e. The molecule has 2 fully saturated rings. The number of hydrogen-bond donors (Lipinski definition) is 1. The second-order valence-corrected chi connectivity index (χ2v) is 6.05. The van der Waals surface area contributed by atoms with Gasteiger partial charge in [0.05, 0.1) is 17.5 Å². The van der Waals surface area contributed by atoms with Crippen molar-refractivity contribution in [1.82, 2.24) is 25.4 Å². The summed E-state index contributed by atoms with van der Waals surface area (Å²) in [5.74, 6) is 1.52. The number of nitrogens with zero attached hydrogens (tertiary/aromatic N) is 4. The average Bonchev–Trinajstić information content (AvgIpc) is 3.15. The molecule has 1 aliphatic carbocycles. The average molecular weight is 285 g/mol. The standard InChI is InChI=1S/C15H19N5O/c1-2-4-15(5-6-18-12(15)3-1)14-19-13(20-21-14)9-11-10-16-7-8-17-11/h7-8,10,12,18H,1-6,9H2/t12-,15+/m0/s1. The van der Waals surface area contributed by atoms with Crippen LogP contribution in [0.3, 0.4) is 0 Å². The van der Waals surface area contributed by atoms with Crippen LogP contribution in [0.15, 0.2) is 23.1 Å². The maximum Gasteiger partial charge on any atom is 0.234 e. The van der Waals surface area contributed by atoms with E-state index in [0.717, 1.165) is 31.0 Å². The first kappa shape index (κ1) is 12.9. The van der Waals surface area contributed by atoms with Crippen molar-refractivity contribution in [3.05, 3.63) is 36.0 Å². The van der Waals surface area contributed by atoms with Gasteiger partial charge in [-0.2, -0.15) is 4.98 Å². The summed E-state index contributed by atoms with van der Waals surface area (Å²) in [7, 11) is 0. The molecule has 0 aromatic carbocycles. The van der Waals surface area contributed by atoms with Crippen molar-refractivity contribution in [2.24, 2.45) is 0 Å². The first-order valence-electron chi connectivity index (χ1n) is 7.68. The SMILES string of the molecule is c1cnc(Cc2noc([C@@]34CCCC[C@@H]3NCC4)n2)cn1. The molecule has 6 heteroatoms. The molecule has 2 aliphatic rings. The van der Waals surface area contributed by atoms with Gasteiger partial charge in [0.15, 0.2) is 5.82 Å². The molecular formula is C15H19N5O. The third kappa shape index (κ3) is 2.23. The van der Waals surface area contributed by atoms with Crippen LogP contribution >= 0.6 is 0 Å². The lowest BCUT2D eigenvalue weighted by atomic mass is 9.70. The van der Waals surface area contributed by atoms with Crippen LogP contribution < -0.4 is 5.32 Å². The van der Waals surface area contributed by atoms with Gasteiger partial charge in [-0.1, -0.05) is 18.0 Å². The van der Waals surface area contributed by atoms with Crippen LogP contribution in [-0.2, 0) is 11.8 Å². The van der Waals surface area contributed by atoms with E-state index in [4.69, 9.17) is 4.52 Å². The summed E-state index contributed by atoms with van der Waals surface area (Å²) in [6.07, 6.45) is 11.7. The van der Waals surface area contributed by atoms with Crippen molar-refractivity contribution >= 4 is 0 Å². The van der Waals surface area contributed by atoms with E-state index in [9.17, 15) is 0 Å². The molecule has 0 spiro atoms. The van der Waals surface area contributed by atoms with Crippen molar-refractivity contribution in [3.63, 3.8) is 0 Å². The second-order valence-electron chi connectivity index (χ2n) is 6.05. The highest BCUT2D eigenvalue weighted by atomic mass is 16.5. The Morgan fingerprint density at radius 1 is 1.29 bits per heavy atom. The number of nitrogens with one attached hydrogen (secondary N) is 1. The van der Waals surface area contributed by atoms with Crippen LogP contribution in [0.2, 0.25) is 0 Å². The van der Waals surface area contributed by atoms with Crippen molar-refractivity contribution in [2.45, 2.75) is 50.0 Å². The Hall–Kier alpha value is -1.82. The van der Waals surface area contributed by atoms with E-state index in [1.807, 2.05) is 0 Å². The van der Waals surface area contributed by atoms with Crippen molar-refractivity contribution in [1.29, 1.82) is 0 Å². The van der Waals surface area contributed by atoms with Crippen molar-refractivity contribution in [3.8, 4) is 0 Å². The topological polar surface area (TPSA) is 76.7 Å². The highest BCUT2D eigenvalue weighted by Crippen LogP contribution is 2.44. The third-order valence-corrected chi connectivity index (χ3v) is 4.84. The Labute approximate surface area is 123 Å². The summed E-state index contributed by atoms with van der Waals surface area (Å²) < 4.78 is 5.63. The summed E-state index contributed by atoms with van der Waals surface area (Å²) in [5, 5.41) is 7.77.